The maximum atomic E-state index is 12.3. The van der Waals surface area contributed by atoms with Crippen LogP contribution in [0.25, 0.3) is 0 Å². The summed E-state index contributed by atoms with van der Waals surface area (Å²) in [6.45, 7) is 6.76. The van der Waals surface area contributed by atoms with Crippen LogP contribution in [0.1, 0.15) is 30.5 Å². The van der Waals surface area contributed by atoms with Gasteiger partial charge in [-0.1, -0.05) is 24.3 Å². The van der Waals surface area contributed by atoms with Crippen LogP contribution in [0, 0.1) is 11.3 Å². The highest BCUT2D eigenvalue weighted by atomic mass is 16.1. The molecule has 0 spiro atoms. The van der Waals surface area contributed by atoms with E-state index in [1.54, 1.807) is 22.9 Å². The molecule has 0 bridgehead atoms. The van der Waals surface area contributed by atoms with Crippen LogP contribution in [0.2, 0.25) is 0 Å². The lowest BCUT2D eigenvalue weighted by Crippen LogP contribution is -2.21. The molecule has 0 fully saturated rings. The first-order valence-electron chi connectivity index (χ1n) is 9.77. The third kappa shape index (κ3) is 5.45. The van der Waals surface area contributed by atoms with Crippen LogP contribution in [-0.4, -0.2) is 28.8 Å². The van der Waals surface area contributed by atoms with Crippen LogP contribution in [0.15, 0.2) is 60.8 Å². The first-order chi connectivity index (χ1) is 14.1. The number of aromatic nitrogens is 2. The summed E-state index contributed by atoms with van der Waals surface area (Å²) in [5, 5.41) is 16.1. The maximum Gasteiger partial charge on any atom is 0.229 e. The fraction of sp³-hybridized carbons (Fsp3) is 0.261. The Labute approximate surface area is 171 Å². The molecule has 3 aromatic rings. The monoisotopic (exact) mass is 387 g/mol. The predicted octanol–water partition coefficient (Wildman–Crippen LogP) is 3.83. The third-order valence-electron chi connectivity index (χ3n) is 4.77. The topological polar surface area (TPSA) is 74.0 Å². The van der Waals surface area contributed by atoms with Gasteiger partial charge in [-0.3, -0.25) is 9.48 Å². The second-order valence-corrected chi connectivity index (χ2v) is 6.77. The van der Waals surface area contributed by atoms with Crippen LogP contribution >= 0.6 is 0 Å². The van der Waals surface area contributed by atoms with Gasteiger partial charge in [0.25, 0.3) is 0 Å². The van der Waals surface area contributed by atoms with Gasteiger partial charge in [-0.2, -0.15) is 10.4 Å². The van der Waals surface area contributed by atoms with Crippen molar-refractivity contribution in [2.24, 2.45) is 0 Å². The van der Waals surface area contributed by atoms with E-state index >= 15 is 0 Å². The molecule has 0 aliphatic rings. The van der Waals surface area contributed by atoms with E-state index in [1.807, 2.05) is 30.5 Å². The number of anilines is 2. The van der Waals surface area contributed by atoms with Gasteiger partial charge in [0.2, 0.25) is 5.91 Å². The molecule has 1 heterocycles. The number of carbonyl (C=O) groups is 1. The Kier molecular flexibility index (Phi) is 6.64. The van der Waals surface area contributed by atoms with E-state index in [-0.39, 0.29) is 5.91 Å². The van der Waals surface area contributed by atoms with Gasteiger partial charge in [-0.15, -0.1) is 0 Å². The van der Waals surface area contributed by atoms with E-state index in [4.69, 9.17) is 5.26 Å². The molecule has 2 aromatic carbocycles. The molecule has 3 rings (SSSR count). The summed E-state index contributed by atoms with van der Waals surface area (Å²) in [5.74, 6) is 0.438. The van der Waals surface area contributed by atoms with Crippen LogP contribution in [-0.2, 0) is 17.8 Å². The Morgan fingerprint density at radius 2 is 1.69 bits per heavy atom. The van der Waals surface area contributed by atoms with Crippen molar-refractivity contribution in [1.82, 2.24) is 9.78 Å². The molecule has 0 aliphatic heterocycles. The molecule has 6 heteroatoms. The van der Waals surface area contributed by atoms with Gasteiger partial charge < -0.3 is 10.2 Å². The average molecular weight is 387 g/mol. The van der Waals surface area contributed by atoms with Gasteiger partial charge in [-0.25, -0.2) is 0 Å². The Hall–Kier alpha value is -3.59. The normalized spacial score (nSPS) is 10.4. The zero-order chi connectivity index (χ0) is 20.6. The first kappa shape index (κ1) is 20.2. The van der Waals surface area contributed by atoms with Gasteiger partial charge in [0, 0.05) is 31.0 Å². The second kappa shape index (κ2) is 9.56. The zero-order valence-corrected chi connectivity index (χ0v) is 16.8. The molecular weight excluding hydrogens is 362 g/mol. The molecule has 1 amide bonds. The summed E-state index contributed by atoms with van der Waals surface area (Å²) < 4.78 is 1.76. The highest BCUT2D eigenvalue weighted by molar-refractivity contribution is 5.91. The van der Waals surface area contributed by atoms with Crippen molar-refractivity contribution in [3.63, 3.8) is 0 Å². The van der Waals surface area contributed by atoms with E-state index < -0.39 is 0 Å². The number of nitriles is 1. The highest BCUT2D eigenvalue weighted by Crippen LogP contribution is 2.16. The molecule has 0 saturated carbocycles. The van der Waals surface area contributed by atoms with E-state index in [1.165, 1.54) is 5.69 Å². The van der Waals surface area contributed by atoms with Gasteiger partial charge >= 0.3 is 0 Å². The molecule has 0 radical (unpaired) electrons. The number of benzene rings is 2. The van der Waals surface area contributed by atoms with E-state index in [0.717, 1.165) is 24.2 Å². The third-order valence-corrected chi connectivity index (χ3v) is 4.77. The van der Waals surface area contributed by atoms with Crippen molar-refractivity contribution in [2.75, 3.05) is 23.3 Å². The lowest BCUT2D eigenvalue weighted by molar-refractivity contribution is -0.115. The summed E-state index contributed by atoms with van der Waals surface area (Å²) in [6.07, 6.45) is 2.13. The lowest BCUT2D eigenvalue weighted by atomic mass is 10.1. The van der Waals surface area contributed by atoms with Crippen molar-refractivity contribution in [1.29, 1.82) is 5.26 Å². The van der Waals surface area contributed by atoms with Crippen molar-refractivity contribution in [3.05, 3.63) is 77.5 Å². The Morgan fingerprint density at radius 3 is 2.31 bits per heavy atom. The predicted molar refractivity (Wildman–Crippen MR) is 115 cm³/mol. The number of amides is 1. The van der Waals surface area contributed by atoms with Gasteiger partial charge in [0.05, 0.1) is 24.6 Å². The summed E-state index contributed by atoms with van der Waals surface area (Å²) in [4.78, 5) is 14.6. The molecule has 0 unspecified atom stereocenters. The summed E-state index contributed by atoms with van der Waals surface area (Å²) >= 11 is 0. The fourth-order valence-electron chi connectivity index (χ4n) is 3.17. The van der Waals surface area contributed by atoms with E-state index in [0.29, 0.717) is 24.3 Å². The molecule has 0 atom stereocenters. The molecule has 148 valence electrons. The van der Waals surface area contributed by atoms with Crippen molar-refractivity contribution in [2.45, 2.75) is 26.8 Å². The molecule has 29 heavy (non-hydrogen) atoms. The molecular formula is C23H25N5O. The van der Waals surface area contributed by atoms with Crippen LogP contribution in [0.3, 0.4) is 0 Å². The van der Waals surface area contributed by atoms with E-state index in [9.17, 15) is 4.79 Å². The number of nitrogens with zero attached hydrogens (tertiary/aromatic N) is 4. The van der Waals surface area contributed by atoms with Gasteiger partial charge in [0.15, 0.2) is 5.82 Å². The minimum atomic E-state index is -0.0933. The molecule has 1 aromatic heterocycles. The smallest absolute Gasteiger partial charge is 0.229 e. The molecule has 0 aliphatic carbocycles. The van der Waals surface area contributed by atoms with Crippen LogP contribution in [0.5, 0.6) is 0 Å². The zero-order valence-electron chi connectivity index (χ0n) is 16.8. The average Bonchev–Trinajstić information content (AvgIpc) is 3.17. The minimum absolute atomic E-state index is 0.0933. The standard InChI is InChI=1S/C23H25N5O/c1-3-27(4-2)21-11-9-18(10-12-21)15-23(29)25-22-13-14-28(26-22)17-20-7-5-19(16-24)6-8-20/h5-14H,3-4,15,17H2,1-2H3,(H,25,26,29). The Morgan fingerprint density at radius 1 is 1.03 bits per heavy atom. The number of hydrogen-bond acceptors (Lipinski definition) is 4. The molecule has 1 N–H and O–H groups in total. The highest BCUT2D eigenvalue weighted by Gasteiger charge is 2.08. The van der Waals surface area contributed by atoms with Crippen molar-refractivity contribution >= 4 is 17.4 Å². The largest absolute Gasteiger partial charge is 0.372 e. The van der Waals surface area contributed by atoms with Crippen LogP contribution < -0.4 is 10.2 Å². The van der Waals surface area contributed by atoms with Crippen molar-refractivity contribution < 1.29 is 4.79 Å². The number of hydrogen-bond donors (Lipinski definition) is 1. The van der Waals surface area contributed by atoms with Crippen LogP contribution in [0.4, 0.5) is 11.5 Å². The Balaban J connectivity index is 1.55. The SMILES string of the molecule is CCN(CC)c1ccc(CC(=O)Nc2ccn(Cc3ccc(C#N)cc3)n2)cc1. The number of rotatable bonds is 8. The van der Waals surface area contributed by atoms with E-state index in [2.05, 4.69) is 47.4 Å². The lowest BCUT2D eigenvalue weighted by Gasteiger charge is -2.21. The first-order valence-corrected chi connectivity index (χ1v) is 9.77. The second-order valence-electron chi connectivity index (χ2n) is 6.77. The fourth-order valence-corrected chi connectivity index (χ4v) is 3.17. The summed E-state index contributed by atoms with van der Waals surface area (Å²) in [7, 11) is 0. The minimum Gasteiger partial charge on any atom is -0.372 e. The Bertz CT molecular complexity index is 979. The molecule has 0 saturated heterocycles. The number of carbonyl (C=O) groups excluding carboxylic acids is 1. The van der Waals surface area contributed by atoms with Gasteiger partial charge in [0.1, 0.15) is 0 Å². The number of nitrogens with one attached hydrogen (secondary N) is 1. The summed E-state index contributed by atoms with van der Waals surface area (Å²) in [6, 6.07) is 19.4. The van der Waals surface area contributed by atoms with Crippen molar-refractivity contribution in [3.8, 4) is 6.07 Å². The van der Waals surface area contributed by atoms with Gasteiger partial charge in [-0.05, 0) is 49.2 Å². The maximum absolute atomic E-state index is 12.3. The quantitative estimate of drug-likeness (QED) is 0.637. The molecule has 6 nitrogen and oxygen atoms in total. The summed E-state index contributed by atoms with van der Waals surface area (Å²) in [5.41, 5.74) is 3.81.